The zero-order valence-corrected chi connectivity index (χ0v) is 17.7. The number of benzene rings is 2. The standard InChI is InChI=1S/C22H24N2O4S/c1-14(2)16-7-5-6-8-19(16)28-12-21(25)24-22-23-18(13-29-22)17-10-9-15(26-3)11-20(17)27-4/h5-11,13-14H,12H2,1-4H3,(H,23,24,25). The Morgan fingerprint density at radius 2 is 1.90 bits per heavy atom. The van der Waals surface area contributed by atoms with Crippen molar-refractivity contribution in [2.24, 2.45) is 0 Å². The summed E-state index contributed by atoms with van der Waals surface area (Å²) in [6, 6.07) is 13.3. The van der Waals surface area contributed by atoms with Crippen LogP contribution in [0.4, 0.5) is 5.13 Å². The molecule has 1 N–H and O–H groups in total. The zero-order chi connectivity index (χ0) is 20.8. The van der Waals surface area contributed by atoms with Crippen LogP contribution >= 0.6 is 11.3 Å². The van der Waals surface area contributed by atoms with Gasteiger partial charge in [0, 0.05) is 17.0 Å². The first-order chi connectivity index (χ1) is 14.0. The van der Waals surface area contributed by atoms with Crippen molar-refractivity contribution < 1.29 is 19.0 Å². The highest BCUT2D eigenvalue weighted by atomic mass is 32.1. The Labute approximate surface area is 174 Å². The van der Waals surface area contributed by atoms with Crippen LogP contribution in [-0.4, -0.2) is 31.7 Å². The Kier molecular flexibility index (Phi) is 6.72. The van der Waals surface area contributed by atoms with E-state index < -0.39 is 0 Å². The Bertz CT molecular complexity index is 984. The molecule has 0 atom stereocenters. The van der Waals surface area contributed by atoms with Gasteiger partial charge in [0.15, 0.2) is 11.7 Å². The number of aromatic nitrogens is 1. The summed E-state index contributed by atoms with van der Waals surface area (Å²) < 4.78 is 16.4. The second kappa shape index (κ2) is 9.43. The van der Waals surface area contributed by atoms with Crippen LogP contribution < -0.4 is 19.5 Å². The smallest absolute Gasteiger partial charge is 0.264 e. The third-order valence-electron chi connectivity index (χ3n) is 4.33. The van der Waals surface area contributed by atoms with E-state index in [1.807, 2.05) is 41.8 Å². The molecule has 0 unspecified atom stereocenters. The number of para-hydroxylation sites is 1. The quantitative estimate of drug-likeness (QED) is 0.566. The lowest BCUT2D eigenvalue weighted by Gasteiger charge is -2.13. The number of hydrogen-bond donors (Lipinski definition) is 1. The van der Waals surface area contributed by atoms with Gasteiger partial charge in [0.25, 0.3) is 5.91 Å². The van der Waals surface area contributed by atoms with Crippen molar-refractivity contribution in [1.29, 1.82) is 0 Å². The van der Waals surface area contributed by atoms with E-state index in [1.165, 1.54) is 11.3 Å². The van der Waals surface area contributed by atoms with E-state index in [-0.39, 0.29) is 12.5 Å². The van der Waals surface area contributed by atoms with Crippen molar-refractivity contribution in [2.75, 3.05) is 26.1 Å². The average molecular weight is 413 g/mol. The fourth-order valence-corrected chi connectivity index (χ4v) is 3.58. The molecule has 29 heavy (non-hydrogen) atoms. The molecule has 3 rings (SSSR count). The average Bonchev–Trinajstić information content (AvgIpc) is 3.19. The third-order valence-corrected chi connectivity index (χ3v) is 5.09. The highest BCUT2D eigenvalue weighted by Gasteiger charge is 2.14. The summed E-state index contributed by atoms with van der Waals surface area (Å²) in [5, 5.41) is 5.16. The van der Waals surface area contributed by atoms with Gasteiger partial charge >= 0.3 is 0 Å². The number of rotatable bonds is 8. The summed E-state index contributed by atoms with van der Waals surface area (Å²) in [6.07, 6.45) is 0. The van der Waals surface area contributed by atoms with E-state index in [0.717, 1.165) is 22.6 Å². The van der Waals surface area contributed by atoms with Crippen LogP contribution in [0.25, 0.3) is 11.3 Å². The fourth-order valence-electron chi connectivity index (χ4n) is 2.85. The summed E-state index contributed by atoms with van der Waals surface area (Å²) in [4.78, 5) is 16.8. The largest absolute Gasteiger partial charge is 0.497 e. The number of thiazole rings is 1. The Balaban J connectivity index is 1.66. The van der Waals surface area contributed by atoms with Crippen molar-refractivity contribution >= 4 is 22.4 Å². The monoisotopic (exact) mass is 412 g/mol. The topological polar surface area (TPSA) is 69.7 Å². The van der Waals surface area contributed by atoms with Gasteiger partial charge in [-0.25, -0.2) is 4.98 Å². The number of anilines is 1. The van der Waals surface area contributed by atoms with Crippen molar-refractivity contribution in [3.8, 4) is 28.5 Å². The lowest BCUT2D eigenvalue weighted by molar-refractivity contribution is -0.118. The predicted octanol–water partition coefficient (Wildman–Crippen LogP) is 4.97. The SMILES string of the molecule is COc1ccc(-c2csc(NC(=O)COc3ccccc3C(C)C)n2)c(OC)c1. The molecule has 0 spiro atoms. The number of ether oxygens (including phenoxy) is 3. The highest BCUT2D eigenvalue weighted by molar-refractivity contribution is 7.14. The summed E-state index contributed by atoms with van der Waals surface area (Å²) in [5.74, 6) is 2.14. The number of amides is 1. The molecular weight excluding hydrogens is 388 g/mol. The molecule has 0 aliphatic rings. The summed E-state index contributed by atoms with van der Waals surface area (Å²) >= 11 is 1.35. The van der Waals surface area contributed by atoms with Crippen LogP contribution in [0.5, 0.6) is 17.2 Å². The molecule has 0 radical (unpaired) electrons. The molecule has 0 aliphatic carbocycles. The van der Waals surface area contributed by atoms with Gasteiger partial charge in [0.05, 0.1) is 19.9 Å². The first-order valence-electron chi connectivity index (χ1n) is 9.21. The van der Waals surface area contributed by atoms with Gasteiger partial charge in [-0.3, -0.25) is 10.1 Å². The maximum absolute atomic E-state index is 12.3. The molecule has 0 saturated carbocycles. The lowest BCUT2D eigenvalue weighted by Crippen LogP contribution is -2.20. The molecule has 0 bridgehead atoms. The first kappa shape index (κ1) is 20.7. The third kappa shape index (κ3) is 5.06. The number of carbonyl (C=O) groups is 1. The summed E-state index contributed by atoms with van der Waals surface area (Å²) in [5.41, 5.74) is 2.62. The Morgan fingerprint density at radius 1 is 1.10 bits per heavy atom. The van der Waals surface area contributed by atoms with Crippen LogP contribution in [0.3, 0.4) is 0 Å². The maximum atomic E-state index is 12.3. The number of nitrogens with zero attached hydrogens (tertiary/aromatic N) is 1. The van der Waals surface area contributed by atoms with E-state index in [0.29, 0.717) is 22.5 Å². The molecule has 0 saturated heterocycles. The van der Waals surface area contributed by atoms with Crippen molar-refractivity contribution in [1.82, 2.24) is 4.98 Å². The molecular formula is C22H24N2O4S. The number of hydrogen-bond acceptors (Lipinski definition) is 6. The van der Waals surface area contributed by atoms with Gasteiger partial charge in [-0.05, 0) is 29.7 Å². The normalized spacial score (nSPS) is 10.7. The molecule has 3 aromatic rings. The van der Waals surface area contributed by atoms with Crippen LogP contribution in [-0.2, 0) is 4.79 Å². The van der Waals surface area contributed by atoms with Crippen molar-refractivity contribution in [3.63, 3.8) is 0 Å². The van der Waals surface area contributed by atoms with E-state index in [9.17, 15) is 4.79 Å². The lowest BCUT2D eigenvalue weighted by atomic mass is 10.0. The molecule has 7 heteroatoms. The van der Waals surface area contributed by atoms with Crippen LogP contribution in [0.15, 0.2) is 47.8 Å². The van der Waals surface area contributed by atoms with Crippen LogP contribution in [0.1, 0.15) is 25.3 Å². The fraction of sp³-hybridized carbons (Fsp3) is 0.273. The van der Waals surface area contributed by atoms with Crippen molar-refractivity contribution in [3.05, 3.63) is 53.4 Å². The number of nitrogens with one attached hydrogen (secondary N) is 1. The van der Waals surface area contributed by atoms with Crippen LogP contribution in [0.2, 0.25) is 0 Å². The van der Waals surface area contributed by atoms with Gasteiger partial charge < -0.3 is 14.2 Å². The minimum absolute atomic E-state index is 0.0789. The van der Waals surface area contributed by atoms with E-state index in [2.05, 4.69) is 24.1 Å². The predicted molar refractivity (Wildman–Crippen MR) is 115 cm³/mol. The van der Waals surface area contributed by atoms with Gasteiger partial charge in [-0.1, -0.05) is 32.0 Å². The van der Waals surface area contributed by atoms with Gasteiger partial charge in [0.1, 0.15) is 17.2 Å². The molecule has 0 fully saturated rings. The minimum atomic E-state index is -0.258. The second-order valence-electron chi connectivity index (χ2n) is 6.63. The molecule has 1 heterocycles. The zero-order valence-electron chi connectivity index (χ0n) is 16.9. The molecule has 1 amide bonds. The van der Waals surface area contributed by atoms with Gasteiger partial charge in [0.2, 0.25) is 0 Å². The van der Waals surface area contributed by atoms with Crippen molar-refractivity contribution in [2.45, 2.75) is 19.8 Å². The summed E-state index contributed by atoms with van der Waals surface area (Å²) in [6.45, 7) is 4.10. The van der Waals surface area contributed by atoms with Gasteiger partial charge in [-0.15, -0.1) is 11.3 Å². The van der Waals surface area contributed by atoms with Crippen LogP contribution in [0, 0.1) is 0 Å². The van der Waals surface area contributed by atoms with E-state index >= 15 is 0 Å². The molecule has 152 valence electrons. The van der Waals surface area contributed by atoms with E-state index in [1.54, 1.807) is 20.3 Å². The molecule has 0 aliphatic heterocycles. The summed E-state index contributed by atoms with van der Waals surface area (Å²) in [7, 11) is 3.20. The Hall–Kier alpha value is -3.06. The maximum Gasteiger partial charge on any atom is 0.264 e. The van der Waals surface area contributed by atoms with E-state index in [4.69, 9.17) is 14.2 Å². The number of methoxy groups -OCH3 is 2. The minimum Gasteiger partial charge on any atom is -0.497 e. The molecule has 2 aromatic carbocycles. The van der Waals surface area contributed by atoms with Gasteiger partial charge in [-0.2, -0.15) is 0 Å². The first-order valence-corrected chi connectivity index (χ1v) is 10.1. The molecule has 6 nitrogen and oxygen atoms in total. The highest BCUT2D eigenvalue weighted by Crippen LogP contribution is 2.34. The Morgan fingerprint density at radius 3 is 2.62 bits per heavy atom. The second-order valence-corrected chi connectivity index (χ2v) is 7.49. The number of carbonyl (C=O) groups excluding carboxylic acids is 1. The molecule has 1 aromatic heterocycles.